The van der Waals surface area contributed by atoms with E-state index in [1.54, 1.807) is 24.3 Å². The van der Waals surface area contributed by atoms with Gasteiger partial charge in [0.25, 0.3) is 0 Å². The summed E-state index contributed by atoms with van der Waals surface area (Å²) in [6, 6.07) is 15.0. The summed E-state index contributed by atoms with van der Waals surface area (Å²) in [5.41, 5.74) is -0.0327. The largest absolute Gasteiger partial charge is 0.463 e. The topological polar surface area (TPSA) is 51.2 Å². The molecule has 4 nitrogen and oxygen atoms in total. The van der Waals surface area contributed by atoms with E-state index in [0.717, 1.165) is 16.8 Å². The van der Waals surface area contributed by atoms with Crippen molar-refractivity contribution in [1.29, 1.82) is 0 Å². The minimum absolute atomic E-state index is 0.160. The molecule has 0 unspecified atom stereocenters. The van der Waals surface area contributed by atoms with Gasteiger partial charge >= 0.3 is 6.18 Å². The average Bonchev–Trinajstić information content (AvgIpc) is 3.29. The Morgan fingerprint density at radius 3 is 2.35 bits per heavy atom. The maximum Gasteiger partial charge on any atom is 0.435 e. The molecule has 0 saturated carbocycles. The number of furan rings is 1. The highest BCUT2D eigenvalue weighted by molar-refractivity contribution is 5.86. The van der Waals surface area contributed by atoms with Gasteiger partial charge in [-0.1, -0.05) is 24.3 Å². The van der Waals surface area contributed by atoms with Gasteiger partial charge in [0, 0.05) is 11.6 Å². The van der Waals surface area contributed by atoms with Gasteiger partial charge in [0.15, 0.2) is 11.5 Å². The molecule has 0 spiro atoms. The van der Waals surface area contributed by atoms with Crippen LogP contribution in [0.2, 0.25) is 0 Å². The monoisotopic (exact) mass is 358 g/mol. The van der Waals surface area contributed by atoms with Gasteiger partial charge in [0.1, 0.15) is 5.69 Å². The van der Waals surface area contributed by atoms with Crippen molar-refractivity contribution >= 4 is 10.8 Å². The van der Waals surface area contributed by atoms with Crippen molar-refractivity contribution in [3.63, 3.8) is 0 Å². The lowest BCUT2D eigenvalue weighted by atomic mass is 10.0. The molecule has 0 aliphatic carbocycles. The average molecular weight is 358 g/mol. The Bertz CT molecular complexity index is 1070. The van der Waals surface area contributed by atoms with Crippen molar-refractivity contribution in [1.82, 2.24) is 9.78 Å². The van der Waals surface area contributed by atoms with Crippen molar-refractivity contribution < 1.29 is 22.7 Å². The van der Waals surface area contributed by atoms with Gasteiger partial charge in [-0.15, -0.1) is 0 Å². The Morgan fingerprint density at radius 1 is 1.00 bits per heavy atom. The third-order valence-corrected chi connectivity index (χ3v) is 4.12. The first-order chi connectivity index (χ1) is 12.5. The predicted octanol–water partition coefficient (Wildman–Crippen LogP) is 4.80. The summed E-state index contributed by atoms with van der Waals surface area (Å²) in [5.74, 6) is 0.255. The molecule has 26 heavy (non-hydrogen) atoms. The summed E-state index contributed by atoms with van der Waals surface area (Å²) in [4.78, 5) is 0. The minimum atomic E-state index is -4.59. The highest BCUT2D eigenvalue weighted by atomic mass is 19.4. The lowest BCUT2D eigenvalue weighted by molar-refractivity contribution is -0.141. The number of halogens is 3. The lowest BCUT2D eigenvalue weighted by Crippen LogP contribution is -2.08. The molecule has 2 aromatic carbocycles. The molecule has 0 aliphatic heterocycles. The minimum Gasteiger partial charge on any atom is -0.463 e. The van der Waals surface area contributed by atoms with E-state index in [2.05, 4.69) is 5.10 Å². The summed E-state index contributed by atoms with van der Waals surface area (Å²) in [6.07, 6.45) is -3.21. The molecule has 0 saturated heterocycles. The van der Waals surface area contributed by atoms with Crippen LogP contribution in [0, 0.1) is 0 Å². The number of aliphatic hydroxyl groups excluding tert-OH is 1. The molecule has 1 N–H and O–H groups in total. The van der Waals surface area contributed by atoms with Crippen LogP contribution in [-0.2, 0) is 12.8 Å². The van der Waals surface area contributed by atoms with Crippen LogP contribution in [0.1, 0.15) is 11.3 Å². The van der Waals surface area contributed by atoms with Gasteiger partial charge in [-0.2, -0.15) is 18.3 Å². The summed E-state index contributed by atoms with van der Waals surface area (Å²) >= 11 is 0. The molecule has 0 atom stereocenters. The number of aliphatic hydroxyl groups is 1. The standard InChI is InChI=1S/C19H13F3N2O2/c20-19(21,22)18-10-16(17-6-3-7-26-17)24(23-18)15-9-13-5-2-1-4-12(13)8-14(15)11-25/h1-10,25H,11H2. The first-order valence-electron chi connectivity index (χ1n) is 7.81. The second-order valence-electron chi connectivity index (χ2n) is 5.79. The second kappa shape index (κ2) is 6.03. The van der Waals surface area contributed by atoms with Crippen LogP contribution in [0.25, 0.3) is 27.9 Å². The Kier molecular flexibility index (Phi) is 3.81. The van der Waals surface area contributed by atoms with Crippen molar-refractivity contribution in [2.24, 2.45) is 0 Å². The molecule has 132 valence electrons. The lowest BCUT2D eigenvalue weighted by Gasteiger charge is -2.12. The summed E-state index contributed by atoms with van der Waals surface area (Å²) in [6.45, 7) is -0.334. The number of hydrogen-bond acceptors (Lipinski definition) is 3. The molecule has 4 rings (SSSR count). The van der Waals surface area contributed by atoms with Gasteiger partial charge in [0.2, 0.25) is 0 Å². The maximum absolute atomic E-state index is 13.2. The normalized spacial score (nSPS) is 12.0. The SMILES string of the molecule is OCc1cc2ccccc2cc1-n1nc(C(F)(F)F)cc1-c1ccco1. The predicted molar refractivity (Wildman–Crippen MR) is 89.7 cm³/mol. The molecule has 2 heterocycles. The van der Waals surface area contributed by atoms with E-state index in [0.29, 0.717) is 11.3 Å². The van der Waals surface area contributed by atoms with E-state index >= 15 is 0 Å². The van der Waals surface area contributed by atoms with E-state index in [9.17, 15) is 18.3 Å². The zero-order chi connectivity index (χ0) is 18.3. The van der Waals surface area contributed by atoms with Crippen LogP contribution in [-0.4, -0.2) is 14.9 Å². The third kappa shape index (κ3) is 2.76. The van der Waals surface area contributed by atoms with Gasteiger partial charge in [-0.05, 0) is 35.0 Å². The maximum atomic E-state index is 13.2. The summed E-state index contributed by atoms with van der Waals surface area (Å²) in [7, 11) is 0. The number of aromatic nitrogens is 2. The number of nitrogens with zero attached hydrogens (tertiary/aromatic N) is 2. The van der Waals surface area contributed by atoms with Gasteiger partial charge in [0.05, 0.1) is 18.6 Å². The molecule has 4 aromatic rings. The van der Waals surface area contributed by atoms with E-state index in [4.69, 9.17) is 4.42 Å². The van der Waals surface area contributed by atoms with E-state index in [-0.39, 0.29) is 18.1 Å². The molecule has 0 amide bonds. The van der Waals surface area contributed by atoms with Crippen molar-refractivity contribution in [2.75, 3.05) is 0 Å². The molecule has 0 fully saturated rings. The Balaban J connectivity index is 2.00. The smallest absolute Gasteiger partial charge is 0.435 e. The quantitative estimate of drug-likeness (QED) is 0.572. The van der Waals surface area contributed by atoms with Crippen molar-refractivity contribution in [3.05, 3.63) is 72.1 Å². The van der Waals surface area contributed by atoms with E-state index in [1.807, 2.05) is 24.3 Å². The highest BCUT2D eigenvalue weighted by Gasteiger charge is 2.36. The van der Waals surface area contributed by atoms with E-state index in [1.165, 1.54) is 10.9 Å². The Labute approximate surface area is 146 Å². The summed E-state index contributed by atoms with van der Waals surface area (Å²) in [5, 5.41) is 15.2. The highest BCUT2D eigenvalue weighted by Crippen LogP contribution is 2.34. The molecular formula is C19H13F3N2O2. The fraction of sp³-hybridized carbons (Fsp3) is 0.105. The van der Waals surface area contributed by atoms with Crippen molar-refractivity contribution in [3.8, 4) is 17.1 Å². The van der Waals surface area contributed by atoms with Crippen LogP contribution < -0.4 is 0 Å². The van der Waals surface area contributed by atoms with E-state index < -0.39 is 11.9 Å². The molecule has 2 aromatic heterocycles. The van der Waals surface area contributed by atoms with Gasteiger partial charge in [-0.3, -0.25) is 0 Å². The number of alkyl halides is 3. The van der Waals surface area contributed by atoms with Crippen LogP contribution in [0.3, 0.4) is 0 Å². The Morgan fingerprint density at radius 2 is 1.73 bits per heavy atom. The third-order valence-electron chi connectivity index (χ3n) is 4.12. The van der Waals surface area contributed by atoms with Crippen LogP contribution in [0.5, 0.6) is 0 Å². The molecule has 7 heteroatoms. The zero-order valence-corrected chi connectivity index (χ0v) is 13.4. The zero-order valence-electron chi connectivity index (χ0n) is 13.4. The van der Waals surface area contributed by atoms with Gasteiger partial charge in [-0.25, -0.2) is 4.68 Å². The van der Waals surface area contributed by atoms with Crippen LogP contribution in [0.4, 0.5) is 13.2 Å². The number of benzene rings is 2. The molecule has 0 aliphatic rings. The second-order valence-corrected chi connectivity index (χ2v) is 5.79. The number of fused-ring (bicyclic) bond motifs is 1. The molecule has 0 radical (unpaired) electrons. The Hall–Kier alpha value is -3.06. The van der Waals surface area contributed by atoms with Crippen LogP contribution in [0.15, 0.2) is 65.3 Å². The van der Waals surface area contributed by atoms with Crippen molar-refractivity contribution in [2.45, 2.75) is 12.8 Å². The molecular weight excluding hydrogens is 345 g/mol. The van der Waals surface area contributed by atoms with Crippen LogP contribution >= 0.6 is 0 Å². The fourth-order valence-corrected chi connectivity index (χ4v) is 2.90. The summed E-state index contributed by atoms with van der Waals surface area (Å²) < 4.78 is 46.1. The first kappa shape index (κ1) is 16.4. The number of hydrogen-bond donors (Lipinski definition) is 1. The van der Waals surface area contributed by atoms with Gasteiger partial charge < -0.3 is 9.52 Å². The number of rotatable bonds is 3. The fourth-order valence-electron chi connectivity index (χ4n) is 2.90. The molecule has 0 bridgehead atoms. The first-order valence-corrected chi connectivity index (χ1v) is 7.81.